The number of thiocarbonyl (C=S) groups is 1. The van der Waals surface area contributed by atoms with Crippen molar-refractivity contribution in [3.63, 3.8) is 0 Å². The monoisotopic (exact) mass is 507 g/mol. The molecule has 0 aliphatic heterocycles. The maximum absolute atomic E-state index is 13.5. The van der Waals surface area contributed by atoms with Gasteiger partial charge in [-0.05, 0) is 66.7 Å². The number of aromatic nitrogens is 1. The topological polar surface area (TPSA) is 29.4 Å². The first kappa shape index (κ1) is 24.8. The summed E-state index contributed by atoms with van der Waals surface area (Å²) in [6.07, 6.45) is 2.00. The number of nitrogens with zero attached hydrogens (tertiary/aromatic N) is 2. The molecule has 0 aliphatic carbocycles. The Labute approximate surface area is 215 Å². The number of para-hydroxylation sites is 2. The zero-order valence-electron chi connectivity index (χ0n) is 19.5. The molecular formula is C28H27ClFN3OS. The van der Waals surface area contributed by atoms with Crippen molar-refractivity contribution in [1.29, 1.82) is 0 Å². The lowest BCUT2D eigenvalue weighted by atomic mass is 10.2. The van der Waals surface area contributed by atoms with Crippen LogP contribution < -0.4 is 10.1 Å². The molecule has 4 aromatic rings. The minimum absolute atomic E-state index is 0.343. The van der Waals surface area contributed by atoms with Crippen LogP contribution in [-0.4, -0.2) is 21.2 Å². The Morgan fingerprint density at radius 1 is 1.00 bits per heavy atom. The average Bonchev–Trinajstić information content (AvgIpc) is 3.29. The third kappa shape index (κ3) is 6.62. The van der Waals surface area contributed by atoms with E-state index in [4.69, 9.17) is 28.6 Å². The Hall–Kier alpha value is -3.35. The highest BCUT2D eigenvalue weighted by Gasteiger charge is 2.16. The molecule has 0 fully saturated rings. The number of benzene rings is 3. The number of rotatable bonds is 9. The third-order valence-electron chi connectivity index (χ3n) is 5.56. The van der Waals surface area contributed by atoms with E-state index < -0.39 is 0 Å². The normalized spacial score (nSPS) is 10.7. The summed E-state index contributed by atoms with van der Waals surface area (Å²) in [5.41, 5.74) is 3.88. The molecule has 4 rings (SSSR count). The Balaban J connectivity index is 1.57. The first-order chi connectivity index (χ1) is 17.0. The predicted octanol–water partition coefficient (Wildman–Crippen LogP) is 7.13. The highest BCUT2D eigenvalue weighted by molar-refractivity contribution is 7.80. The molecule has 0 saturated carbocycles. The van der Waals surface area contributed by atoms with Gasteiger partial charge in [0, 0.05) is 30.0 Å². The molecule has 1 aromatic heterocycles. The fraction of sp³-hybridized carbons (Fsp3) is 0.179. The summed E-state index contributed by atoms with van der Waals surface area (Å²) < 4.78 is 21.4. The summed E-state index contributed by atoms with van der Waals surface area (Å²) in [5.74, 6) is 0.413. The minimum atomic E-state index is -0.343. The van der Waals surface area contributed by atoms with Crippen molar-refractivity contribution in [2.24, 2.45) is 0 Å². The van der Waals surface area contributed by atoms with Crippen LogP contribution in [0.15, 0.2) is 91.1 Å². The van der Waals surface area contributed by atoms with Crippen LogP contribution >= 0.6 is 23.8 Å². The fourth-order valence-corrected chi connectivity index (χ4v) is 4.29. The molecule has 0 saturated heterocycles. The number of ether oxygens (including phenoxy) is 1. The van der Waals surface area contributed by atoms with Crippen LogP contribution in [0.4, 0.5) is 10.1 Å². The molecule has 0 radical (unpaired) electrons. The van der Waals surface area contributed by atoms with Crippen LogP contribution in [0.3, 0.4) is 0 Å². The van der Waals surface area contributed by atoms with E-state index in [1.807, 2.05) is 61.7 Å². The second-order valence-corrected chi connectivity index (χ2v) is 8.86. The molecule has 0 amide bonds. The van der Waals surface area contributed by atoms with E-state index in [2.05, 4.69) is 33.0 Å². The highest BCUT2D eigenvalue weighted by Crippen LogP contribution is 2.25. The van der Waals surface area contributed by atoms with Crippen LogP contribution in [0.25, 0.3) is 0 Å². The van der Waals surface area contributed by atoms with Gasteiger partial charge in [0.25, 0.3) is 0 Å². The zero-order valence-corrected chi connectivity index (χ0v) is 21.0. The molecular weight excluding hydrogens is 481 g/mol. The minimum Gasteiger partial charge on any atom is -0.492 e. The lowest BCUT2D eigenvalue weighted by Crippen LogP contribution is -2.34. The van der Waals surface area contributed by atoms with Gasteiger partial charge in [-0.25, -0.2) is 4.39 Å². The van der Waals surface area contributed by atoms with E-state index in [-0.39, 0.29) is 5.82 Å². The Morgan fingerprint density at radius 3 is 2.54 bits per heavy atom. The van der Waals surface area contributed by atoms with Gasteiger partial charge in [-0.3, -0.25) is 0 Å². The number of anilines is 1. The highest BCUT2D eigenvalue weighted by atomic mass is 35.5. The Kier molecular flexibility index (Phi) is 8.40. The van der Waals surface area contributed by atoms with Gasteiger partial charge in [0.1, 0.15) is 11.6 Å². The molecule has 1 N–H and O–H groups in total. The summed E-state index contributed by atoms with van der Waals surface area (Å²) in [7, 11) is 0. The standard InChI is InChI=1S/C28H27ClFN3OS/c1-2-34-27-13-7-6-12-26(27)31-28(35)33(18-21-9-4-3-5-10-21)20-24-11-8-16-32(24)19-22-14-15-23(30)17-25(22)29/h3-17H,2,18-20H2,1H3,(H,31,35). The summed E-state index contributed by atoms with van der Waals surface area (Å²) in [6.45, 7) is 4.26. The van der Waals surface area contributed by atoms with E-state index in [9.17, 15) is 4.39 Å². The summed E-state index contributed by atoms with van der Waals surface area (Å²) >= 11 is 12.2. The van der Waals surface area contributed by atoms with Crippen molar-refractivity contribution in [1.82, 2.24) is 9.47 Å². The Morgan fingerprint density at radius 2 is 1.77 bits per heavy atom. The molecule has 35 heavy (non-hydrogen) atoms. The summed E-state index contributed by atoms with van der Waals surface area (Å²) in [4.78, 5) is 2.12. The molecule has 180 valence electrons. The van der Waals surface area contributed by atoms with Gasteiger partial charge in [0.05, 0.1) is 18.8 Å². The van der Waals surface area contributed by atoms with Gasteiger partial charge in [0.2, 0.25) is 0 Å². The molecule has 3 aromatic carbocycles. The van der Waals surface area contributed by atoms with Crippen LogP contribution in [0.2, 0.25) is 5.02 Å². The predicted molar refractivity (Wildman–Crippen MR) is 144 cm³/mol. The van der Waals surface area contributed by atoms with Crippen molar-refractivity contribution in [2.75, 3.05) is 11.9 Å². The van der Waals surface area contributed by atoms with Crippen LogP contribution in [0.5, 0.6) is 5.75 Å². The number of hydrogen-bond acceptors (Lipinski definition) is 2. The maximum Gasteiger partial charge on any atom is 0.174 e. The number of halogens is 2. The van der Waals surface area contributed by atoms with Crippen molar-refractivity contribution in [2.45, 2.75) is 26.6 Å². The SMILES string of the molecule is CCOc1ccccc1NC(=S)N(Cc1ccccc1)Cc1cccn1Cc1ccc(F)cc1Cl. The molecule has 7 heteroatoms. The van der Waals surface area contributed by atoms with E-state index in [1.54, 1.807) is 6.07 Å². The van der Waals surface area contributed by atoms with E-state index in [0.717, 1.165) is 28.3 Å². The first-order valence-electron chi connectivity index (χ1n) is 11.4. The molecule has 0 unspecified atom stereocenters. The molecule has 0 bridgehead atoms. The van der Waals surface area contributed by atoms with Gasteiger partial charge in [-0.2, -0.15) is 0 Å². The first-order valence-corrected chi connectivity index (χ1v) is 12.2. The van der Waals surface area contributed by atoms with Gasteiger partial charge < -0.3 is 19.5 Å². The third-order valence-corrected chi connectivity index (χ3v) is 6.28. The largest absolute Gasteiger partial charge is 0.492 e. The van der Waals surface area contributed by atoms with E-state index in [0.29, 0.717) is 36.4 Å². The fourth-order valence-electron chi connectivity index (χ4n) is 3.83. The number of hydrogen-bond donors (Lipinski definition) is 1. The van der Waals surface area contributed by atoms with Crippen molar-refractivity contribution < 1.29 is 9.13 Å². The van der Waals surface area contributed by atoms with Gasteiger partial charge in [-0.1, -0.05) is 60.1 Å². The van der Waals surface area contributed by atoms with Crippen LogP contribution in [0.1, 0.15) is 23.7 Å². The molecule has 1 heterocycles. The Bertz CT molecular complexity index is 1280. The lowest BCUT2D eigenvalue weighted by Gasteiger charge is -2.27. The zero-order chi connectivity index (χ0) is 24.6. The molecule has 0 spiro atoms. The molecule has 0 atom stereocenters. The van der Waals surface area contributed by atoms with Crippen molar-refractivity contribution >= 4 is 34.6 Å². The lowest BCUT2D eigenvalue weighted by molar-refractivity contribution is 0.341. The van der Waals surface area contributed by atoms with Gasteiger partial charge in [0.15, 0.2) is 5.11 Å². The van der Waals surface area contributed by atoms with Gasteiger partial charge >= 0.3 is 0 Å². The van der Waals surface area contributed by atoms with Crippen molar-refractivity contribution in [3.8, 4) is 5.75 Å². The quantitative estimate of drug-likeness (QED) is 0.244. The maximum atomic E-state index is 13.5. The van der Waals surface area contributed by atoms with Crippen molar-refractivity contribution in [3.05, 3.63) is 119 Å². The average molecular weight is 508 g/mol. The summed E-state index contributed by atoms with van der Waals surface area (Å²) in [6, 6.07) is 26.5. The van der Waals surface area contributed by atoms with Gasteiger partial charge in [-0.15, -0.1) is 0 Å². The van der Waals surface area contributed by atoms with Crippen LogP contribution in [0, 0.1) is 5.82 Å². The molecule has 4 nitrogen and oxygen atoms in total. The second kappa shape index (κ2) is 11.9. The summed E-state index contributed by atoms with van der Waals surface area (Å²) in [5, 5.41) is 4.38. The smallest absolute Gasteiger partial charge is 0.174 e. The van der Waals surface area contributed by atoms with E-state index >= 15 is 0 Å². The van der Waals surface area contributed by atoms with E-state index in [1.165, 1.54) is 12.1 Å². The second-order valence-electron chi connectivity index (χ2n) is 8.06. The number of nitrogens with one attached hydrogen (secondary N) is 1. The molecule has 0 aliphatic rings. The van der Waals surface area contributed by atoms with Crippen LogP contribution in [-0.2, 0) is 19.6 Å².